The van der Waals surface area contributed by atoms with Gasteiger partial charge in [-0.1, -0.05) is 19.1 Å². The standard InChI is InChI=1S/C18H27N3O2/c1-14-7-8-19-15(13-14)18(22)21-11-9-20(10-12-21)16-5-3-4-6-17(16)23-2/h3-6,14-15,19H,7-13H2,1-2H3. The number of anilines is 1. The van der Waals surface area contributed by atoms with Crippen molar-refractivity contribution in [2.75, 3.05) is 44.7 Å². The van der Waals surface area contributed by atoms with Crippen LogP contribution in [0, 0.1) is 5.92 Å². The Morgan fingerprint density at radius 2 is 1.96 bits per heavy atom. The molecule has 2 atom stereocenters. The highest BCUT2D eigenvalue weighted by Crippen LogP contribution is 2.28. The zero-order chi connectivity index (χ0) is 16.2. The van der Waals surface area contributed by atoms with Gasteiger partial charge in [0, 0.05) is 26.2 Å². The Labute approximate surface area is 138 Å². The highest BCUT2D eigenvalue weighted by Gasteiger charge is 2.30. The molecule has 2 saturated heterocycles. The molecule has 3 rings (SSSR count). The van der Waals surface area contributed by atoms with Gasteiger partial charge >= 0.3 is 0 Å². The van der Waals surface area contributed by atoms with E-state index >= 15 is 0 Å². The SMILES string of the molecule is COc1ccccc1N1CCN(C(=O)C2CC(C)CCN2)CC1. The lowest BCUT2D eigenvalue weighted by atomic mass is 9.93. The van der Waals surface area contributed by atoms with Crippen molar-refractivity contribution in [2.24, 2.45) is 5.92 Å². The Bertz CT molecular complexity index is 541. The van der Waals surface area contributed by atoms with Gasteiger partial charge in [0.05, 0.1) is 18.8 Å². The number of carbonyl (C=O) groups is 1. The summed E-state index contributed by atoms with van der Waals surface area (Å²) in [7, 11) is 1.70. The second-order valence-electron chi connectivity index (χ2n) is 6.62. The van der Waals surface area contributed by atoms with E-state index in [1.165, 1.54) is 6.42 Å². The van der Waals surface area contributed by atoms with E-state index in [0.29, 0.717) is 5.92 Å². The molecular weight excluding hydrogens is 290 g/mol. The number of ether oxygens (including phenoxy) is 1. The Hall–Kier alpha value is -1.75. The maximum Gasteiger partial charge on any atom is 0.239 e. The van der Waals surface area contributed by atoms with E-state index in [2.05, 4.69) is 23.2 Å². The molecule has 0 spiro atoms. The Kier molecular flexibility index (Phi) is 5.06. The zero-order valence-corrected chi connectivity index (χ0v) is 14.1. The van der Waals surface area contributed by atoms with Crippen LogP contribution in [0.2, 0.25) is 0 Å². The van der Waals surface area contributed by atoms with Crippen LogP contribution in [-0.2, 0) is 4.79 Å². The van der Waals surface area contributed by atoms with Crippen molar-refractivity contribution in [1.82, 2.24) is 10.2 Å². The molecule has 23 heavy (non-hydrogen) atoms. The molecule has 0 radical (unpaired) electrons. The number of rotatable bonds is 3. The summed E-state index contributed by atoms with van der Waals surface area (Å²) in [6.45, 7) is 6.47. The Balaban J connectivity index is 1.59. The van der Waals surface area contributed by atoms with Gasteiger partial charge in [0.1, 0.15) is 5.75 Å². The lowest BCUT2D eigenvalue weighted by Gasteiger charge is -2.39. The maximum absolute atomic E-state index is 12.7. The highest BCUT2D eigenvalue weighted by atomic mass is 16.5. The van der Waals surface area contributed by atoms with Crippen molar-refractivity contribution in [2.45, 2.75) is 25.8 Å². The number of piperazine rings is 1. The molecule has 0 bridgehead atoms. The minimum Gasteiger partial charge on any atom is -0.495 e. The van der Waals surface area contributed by atoms with Crippen molar-refractivity contribution >= 4 is 11.6 Å². The van der Waals surface area contributed by atoms with Gasteiger partial charge in [0.25, 0.3) is 0 Å². The van der Waals surface area contributed by atoms with E-state index in [0.717, 1.165) is 50.6 Å². The fourth-order valence-corrected chi connectivity index (χ4v) is 3.57. The van der Waals surface area contributed by atoms with E-state index in [-0.39, 0.29) is 11.9 Å². The summed E-state index contributed by atoms with van der Waals surface area (Å²) in [6, 6.07) is 8.10. The van der Waals surface area contributed by atoms with E-state index in [1.807, 2.05) is 23.1 Å². The Morgan fingerprint density at radius 3 is 2.65 bits per heavy atom. The first-order chi connectivity index (χ1) is 11.2. The number of nitrogens with one attached hydrogen (secondary N) is 1. The number of carbonyl (C=O) groups excluding carboxylic acids is 1. The van der Waals surface area contributed by atoms with E-state index in [1.54, 1.807) is 7.11 Å². The van der Waals surface area contributed by atoms with Crippen LogP contribution in [0.15, 0.2) is 24.3 Å². The lowest BCUT2D eigenvalue weighted by Crippen LogP contribution is -2.55. The van der Waals surface area contributed by atoms with Crippen LogP contribution in [-0.4, -0.2) is 56.7 Å². The molecule has 2 aliphatic rings. The molecule has 0 aliphatic carbocycles. The second-order valence-corrected chi connectivity index (χ2v) is 6.62. The number of nitrogens with zero attached hydrogens (tertiary/aromatic N) is 2. The normalized spacial score (nSPS) is 25.3. The number of hydrogen-bond donors (Lipinski definition) is 1. The molecule has 5 heteroatoms. The summed E-state index contributed by atoms with van der Waals surface area (Å²) < 4.78 is 5.45. The minimum atomic E-state index is 0.0107. The molecule has 0 aromatic heterocycles. The van der Waals surface area contributed by atoms with Crippen LogP contribution in [0.4, 0.5) is 5.69 Å². The van der Waals surface area contributed by atoms with Gasteiger partial charge in [-0.25, -0.2) is 0 Å². The van der Waals surface area contributed by atoms with Crippen LogP contribution in [0.5, 0.6) is 5.75 Å². The first-order valence-electron chi connectivity index (χ1n) is 8.59. The first kappa shape index (κ1) is 16.1. The predicted molar refractivity (Wildman–Crippen MR) is 92.0 cm³/mol. The molecule has 1 N–H and O–H groups in total. The molecule has 2 unspecified atom stereocenters. The summed E-state index contributed by atoms with van der Waals surface area (Å²) in [4.78, 5) is 17.0. The number of hydrogen-bond acceptors (Lipinski definition) is 4. The van der Waals surface area contributed by atoms with Gasteiger partial charge in [-0.3, -0.25) is 4.79 Å². The third-order valence-electron chi connectivity index (χ3n) is 4.98. The van der Waals surface area contributed by atoms with E-state index < -0.39 is 0 Å². The van der Waals surface area contributed by atoms with Crippen molar-refractivity contribution in [3.63, 3.8) is 0 Å². The predicted octanol–water partition coefficient (Wildman–Crippen LogP) is 1.73. The molecule has 5 nitrogen and oxygen atoms in total. The molecule has 1 aromatic carbocycles. The maximum atomic E-state index is 12.7. The van der Waals surface area contributed by atoms with Gasteiger partial charge in [-0.15, -0.1) is 0 Å². The fourth-order valence-electron chi connectivity index (χ4n) is 3.57. The molecule has 2 fully saturated rings. The number of benzene rings is 1. The van der Waals surface area contributed by atoms with Crippen LogP contribution >= 0.6 is 0 Å². The van der Waals surface area contributed by atoms with Crippen LogP contribution < -0.4 is 15.0 Å². The van der Waals surface area contributed by atoms with Gasteiger partial charge < -0.3 is 19.9 Å². The highest BCUT2D eigenvalue weighted by molar-refractivity contribution is 5.82. The van der Waals surface area contributed by atoms with E-state index in [4.69, 9.17) is 4.74 Å². The van der Waals surface area contributed by atoms with Gasteiger partial charge in [-0.2, -0.15) is 0 Å². The monoisotopic (exact) mass is 317 g/mol. The molecule has 2 aliphatic heterocycles. The van der Waals surface area contributed by atoms with Crippen LogP contribution in [0.25, 0.3) is 0 Å². The number of piperidine rings is 1. The molecule has 1 aromatic rings. The molecular formula is C18H27N3O2. The summed E-state index contributed by atoms with van der Waals surface area (Å²) in [6.07, 6.45) is 2.14. The summed E-state index contributed by atoms with van der Waals surface area (Å²) in [5.74, 6) is 1.81. The third kappa shape index (κ3) is 3.61. The van der Waals surface area contributed by atoms with Crippen molar-refractivity contribution in [3.05, 3.63) is 24.3 Å². The molecule has 1 amide bonds. The molecule has 2 heterocycles. The second kappa shape index (κ2) is 7.21. The zero-order valence-electron chi connectivity index (χ0n) is 14.1. The summed E-state index contributed by atoms with van der Waals surface area (Å²) in [5.41, 5.74) is 1.12. The van der Waals surface area contributed by atoms with E-state index in [9.17, 15) is 4.79 Å². The molecule has 126 valence electrons. The molecule has 0 saturated carbocycles. The summed E-state index contributed by atoms with van der Waals surface area (Å²) >= 11 is 0. The van der Waals surface area contributed by atoms with Gasteiger partial charge in [0.15, 0.2) is 0 Å². The van der Waals surface area contributed by atoms with Crippen LogP contribution in [0.1, 0.15) is 19.8 Å². The number of amides is 1. The number of para-hydroxylation sites is 2. The first-order valence-corrected chi connectivity index (χ1v) is 8.59. The van der Waals surface area contributed by atoms with Crippen molar-refractivity contribution in [1.29, 1.82) is 0 Å². The minimum absolute atomic E-state index is 0.0107. The van der Waals surface area contributed by atoms with Gasteiger partial charge in [-0.05, 0) is 37.4 Å². The topological polar surface area (TPSA) is 44.8 Å². The van der Waals surface area contributed by atoms with Crippen LogP contribution in [0.3, 0.4) is 0 Å². The lowest BCUT2D eigenvalue weighted by molar-refractivity contribution is -0.134. The van der Waals surface area contributed by atoms with Crippen molar-refractivity contribution < 1.29 is 9.53 Å². The average Bonchev–Trinajstić information content (AvgIpc) is 2.61. The third-order valence-corrected chi connectivity index (χ3v) is 4.98. The van der Waals surface area contributed by atoms with Crippen molar-refractivity contribution in [3.8, 4) is 5.75 Å². The number of methoxy groups -OCH3 is 1. The van der Waals surface area contributed by atoms with Gasteiger partial charge in [0.2, 0.25) is 5.91 Å². The fraction of sp³-hybridized carbons (Fsp3) is 0.611. The quantitative estimate of drug-likeness (QED) is 0.922. The largest absolute Gasteiger partial charge is 0.495 e. The summed E-state index contributed by atoms with van der Waals surface area (Å²) in [5, 5.41) is 3.38. The smallest absolute Gasteiger partial charge is 0.239 e. The average molecular weight is 317 g/mol. The Morgan fingerprint density at radius 1 is 1.22 bits per heavy atom.